The predicted molar refractivity (Wildman–Crippen MR) is 63.3 cm³/mol. The van der Waals surface area contributed by atoms with Crippen LogP contribution in [0.3, 0.4) is 0 Å². The number of rotatable bonds is 2. The van der Waals surface area contributed by atoms with Crippen molar-refractivity contribution in [3.8, 4) is 0 Å². The number of halogens is 1. The fraction of sp³-hybridized carbons (Fsp3) is 0.500. The first kappa shape index (κ1) is 11.7. The minimum Gasteiger partial charge on any atom is -0.357 e. The third-order valence-electron chi connectivity index (χ3n) is 2.68. The van der Waals surface area contributed by atoms with Gasteiger partial charge >= 0.3 is 0 Å². The van der Waals surface area contributed by atoms with Crippen LogP contribution >= 0.6 is 10.7 Å². The summed E-state index contributed by atoms with van der Waals surface area (Å²) in [5.74, 6) is 0.696. The van der Waals surface area contributed by atoms with Crippen molar-refractivity contribution in [1.29, 1.82) is 0 Å². The van der Waals surface area contributed by atoms with E-state index in [9.17, 15) is 8.42 Å². The molecule has 0 spiro atoms. The van der Waals surface area contributed by atoms with E-state index in [4.69, 9.17) is 10.7 Å². The average Bonchev–Trinajstić information content (AvgIpc) is 2.29. The van der Waals surface area contributed by atoms with Crippen molar-refractivity contribution >= 4 is 25.6 Å². The number of anilines is 1. The van der Waals surface area contributed by atoms with E-state index in [1.165, 1.54) is 24.8 Å². The largest absolute Gasteiger partial charge is 0.357 e. The van der Waals surface area contributed by atoms with E-state index in [0.717, 1.165) is 25.9 Å². The van der Waals surface area contributed by atoms with Crippen LogP contribution in [0.25, 0.3) is 0 Å². The predicted octanol–water partition coefficient (Wildman–Crippen LogP) is 2.00. The zero-order valence-electron chi connectivity index (χ0n) is 8.76. The molecule has 88 valence electrons. The van der Waals surface area contributed by atoms with Gasteiger partial charge in [0.2, 0.25) is 0 Å². The van der Waals surface area contributed by atoms with Gasteiger partial charge in [-0.15, -0.1) is 0 Å². The lowest BCUT2D eigenvalue weighted by molar-refractivity contribution is 0.572. The smallest absolute Gasteiger partial charge is 0.261 e. The molecule has 1 aromatic heterocycles. The van der Waals surface area contributed by atoms with Crippen LogP contribution in [0.4, 0.5) is 5.82 Å². The van der Waals surface area contributed by atoms with Crippen LogP contribution in [0.1, 0.15) is 19.3 Å². The van der Waals surface area contributed by atoms with E-state index >= 15 is 0 Å². The molecule has 2 heterocycles. The minimum atomic E-state index is -3.66. The molecule has 1 fully saturated rings. The summed E-state index contributed by atoms with van der Waals surface area (Å²) in [6.45, 7) is 1.86. The second kappa shape index (κ2) is 4.59. The maximum atomic E-state index is 11.2. The topological polar surface area (TPSA) is 50.3 Å². The van der Waals surface area contributed by atoms with Gasteiger partial charge in [0.05, 0.1) is 4.90 Å². The Hall–Kier alpha value is -0.810. The van der Waals surface area contributed by atoms with E-state index in [2.05, 4.69) is 9.88 Å². The summed E-state index contributed by atoms with van der Waals surface area (Å²) in [5, 5.41) is 0. The maximum Gasteiger partial charge on any atom is 0.261 e. The highest BCUT2D eigenvalue weighted by Crippen LogP contribution is 2.22. The first-order valence-corrected chi connectivity index (χ1v) is 7.54. The van der Waals surface area contributed by atoms with Gasteiger partial charge in [0, 0.05) is 36.0 Å². The van der Waals surface area contributed by atoms with Gasteiger partial charge in [0.15, 0.2) is 0 Å². The van der Waals surface area contributed by atoms with Crippen LogP contribution < -0.4 is 4.90 Å². The Labute approximate surface area is 99.7 Å². The van der Waals surface area contributed by atoms with Gasteiger partial charge in [0.1, 0.15) is 5.82 Å². The number of nitrogens with zero attached hydrogens (tertiary/aromatic N) is 2. The van der Waals surface area contributed by atoms with Gasteiger partial charge in [-0.25, -0.2) is 13.4 Å². The first-order chi connectivity index (χ1) is 7.57. The summed E-state index contributed by atoms with van der Waals surface area (Å²) in [6.07, 6.45) is 4.96. The Morgan fingerprint density at radius 3 is 2.56 bits per heavy atom. The Morgan fingerprint density at radius 2 is 1.94 bits per heavy atom. The molecule has 0 radical (unpaired) electrons. The van der Waals surface area contributed by atoms with Gasteiger partial charge in [-0.1, -0.05) is 0 Å². The molecule has 0 amide bonds. The monoisotopic (exact) mass is 260 g/mol. The highest BCUT2D eigenvalue weighted by Gasteiger charge is 2.15. The van der Waals surface area contributed by atoms with Gasteiger partial charge in [-0.3, -0.25) is 0 Å². The average molecular weight is 261 g/mol. The second-order valence-corrected chi connectivity index (χ2v) is 6.40. The summed E-state index contributed by atoms with van der Waals surface area (Å²) in [7, 11) is 1.64. The molecule has 1 saturated heterocycles. The molecule has 0 atom stereocenters. The summed E-state index contributed by atoms with van der Waals surface area (Å²) in [5.41, 5.74) is 0. The van der Waals surface area contributed by atoms with Crippen molar-refractivity contribution in [1.82, 2.24) is 4.98 Å². The van der Waals surface area contributed by atoms with Crippen molar-refractivity contribution in [2.24, 2.45) is 0 Å². The Morgan fingerprint density at radius 1 is 1.25 bits per heavy atom. The van der Waals surface area contributed by atoms with Crippen LogP contribution in [0.2, 0.25) is 0 Å². The third kappa shape index (κ3) is 2.65. The normalized spacial score (nSPS) is 17.4. The molecule has 6 heteroatoms. The Bertz CT molecular complexity index is 469. The highest BCUT2D eigenvalue weighted by molar-refractivity contribution is 8.13. The van der Waals surface area contributed by atoms with Crippen molar-refractivity contribution in [3.05, 3.63) is 18.3 Å². The standard InChI is InChI=1S/C10H13ClN2O2S/c11-16(14,15)9-4-5-12-10(8-9)13-6-2-1-3-7-13/h4-5,8H,1-3,6-7H2. The molecule has 0 N–H and O–H groups in total. The van der Waals surface area contributed by atoms with E-state index < -0.39 is 9.05 Å². The van der Waals surface area contributed by atoms with Crippen molar-refractivity contribution in [2.75, 3.05) is 18.0 Å². The molecule has 0 bridgehead atoms. The van der Waals surface area contributed by atoms with Gasteiger partial charge in [-0.05, 0) is 25.3 Å². The lowest BCUT2D eigenvalue weighted by Crippen LogP contribution is -2.30. The minimum absolute atomic E-state index is 0.116. The molecule has 1 aliphatic rings. The van der Waals surface area contributed by atoms with Crippen LogP contribution in [-0.2, 0) is 9.05 Å². The summed E-state index contributed by atoms with van der Waals surface area (Å²) < 4.78 is 22.4. The van der Waals surface area contributed by atoms with E-state index in [0.29, 0.717) is 5.82 Å². The molecular weight excluding hydrogens is 248 g/mol. The molecular formula is C10H13ClN2O2S. The van der Waals surface area contributed by atoms with Crippen molar-refractivity contribution in [2.45, 2.75) is 24.2 Å². The molecule has 0 saturated carbocycles. The van der Waals surface area contributed by atoms with Gasteiger partial charge in [0.25, 0.3) is 9.05 Å². The summed E-state index contributed by atoms with van der Waals surface area (Å²) in [6, 6.07) is 2.95. The summed E-state index contributed by atoms with van der Waals surface area (Å²) in [4.78, 5) is 6.39. The van der Waals surface area contributed by atoms with E-state index in [1.807, 2.05) is 0 Å². The van der Waals surface area contributed by atoms with Crippen LogP contribution in [0.15, 0.2) is 23.2 Å². The van der Waals surface area contributed by atoms with Gasteiger partial charge < -0.3 is 4.90 Å². The number of hydrogen-bond acceptors (Lipinski definition) is 4. The number of aromatic nitrogens is 1. The number of hydrogen-bond donors (Lipinski definition) is 0. The second-order valence-electron chi connectivity index (χ2n) is 3.84. The SMILES string of the molecule is O=S(=O)(Cl)c1ccnc(N2CCCCC2)c1. The lowest BCUT2D eigenvalue weighted by Gasteiger charge is -2.27. The Kier molecular flexibility index (Phi) is 3.35. The van der Waals surface area contributed by atoms with Gasteiger partial charge in [-0.2, -0.15) is 0 Å². The zero-order valence-corrected chi connectivity index (χ0v) is 10.3. The molecule has 1 aromatic rings. The summed E-state index contributed by atoms with van der Waals surface area (Å²) >= 11 is 0. The molecule has 0 unspecified atom stereocenters. The molecule has 1 aliphatic heterocycles. The first-order valence-electron chi connectivity index (χ1n) is 5.23. The third-order valence-corrected chi connectivity index (χ3v) is 4.03. The highest BCUT2D eigenvalue weighted by atomic mass is 35.7. The molecule has 16 heavy (non-hydrogen) atoms. The fourth-order valence-electron chi connectivity index (χ4n) is 1.85. The van der Waals surface area contributed by atoms with Crippen LogP contribution in [0.5, 0.6) is 0 Å². The number of piperidine rings is 1. The zero-order chi connectivity index (χ0) is 11.6. The van der Waals surface area contributed by atoms with E-state index in [1.54, 1.807) is 0 Å². The maximum absolute atomic E-state index is 11.2. The Balaban J connectivity index is 2.28. The quantitative estimate of drug-likeness (QED) is 0.764. The van der Waals surface area contributed by atoms with E-state index in [-0.39, 0.29) is 4.90 Å². The van der Waals surface area contributed by atoms with Crippen LogP contribution in [-0.4, -0.2) is 26.5 Å². The molecule has 2 rings (SSSR count). The molecule has 0 aromatic carbocycles. The number of pyridine rings is 1. The molecule has 4 nitrogen and oxygen atoms in total. The lowest BCUT2D eigenvalue weighted by atomic mass is 10.1. The van der Waals surface area contributed by atoms with Crippen molar-refractivity contribution in [3.63, 3.8) is 0 Å². The molecule has 0 aliphatic carbocycles. The fourth-order valence-corrected chi connectivity index (χ4v) is 2.60. The van der Waals surface area contributed by atoms with Crippen LogP contribution in [0, 0.1) is 0 Å². The van der Waals surface area contributed by atoms with Crippen molar-refractivity contribution < 1.29 is 8.42 Å².